The van der Waals surface area contributed by atoms with Crippen molar-refractivity contribution in [2.45, 2.75) is 32.1 Å². The normalized spacial score (nSPS) is 13.4. The summed E-state index contributed by atoms with van der Waals surface area (Å²) in [6.07, 6.45) is -0.0529. The van der Waals surface area contributed by atoms with E-state index in [1.54, 1.807) is 20.8 Å². The standard InChI is InChI=1S/C6H11O2S/c1-4(2)8-6(7)5(3)9/h4-5H,1-3H3. The first-order valence-corrected chi connectivity index (χ1v) is 3.37. The van der Waals surface area contributed by atoms with Gasteiger partial charge in [0.1, 0.15) is 5.25 Å². The fourth-order valence-corrected chi connectivity index (χ4v) is 0.384. The molecular formula is C6H11O2S. The number of carbonyl (C=O) groups is 1. The van der Waals surface area contributed by atoms with Crippen molar-refractivity contribution in [3.8, 4) is 0 Å². The molecule has 0 spiro atoms. The van der Waals surface area contributed by atoms with Crippen LogP contribution < -0.4 is 0 Å². The molecule has 0 rings (SSSR count). The molecule has 53 valence electrons. The Morgan fingerprint density at radius 3 is 2.00 bits per heavy atom. The molecule has 1 unspecified atom stereocenters. The summed E-state index contributed by atoms with van der Waals surface area (Å²) in [7, 11) is 0. The Hall–Kier alpha value is -0.180. The maximum atomic E-state index is 10.6. The highest BCUT2D eigenvalue weighted by atomic mass is 32.1. The lowest BCUT2D eigenvalue weighted by Crippen LogP contribution is -2.18. The second-order valence-electron chi connectivity index (χ2n) is 2.13. The number of rotatable bonds is 2. The first-order valence-electron chi connectivity index (χ1n) is 2.90. The lowest BCUT2D eigenvalue weighted by molar-refractivity contribution is -0.146. The van der Waals surface area contributed by atoms with E-state index >= 15 is 0 Å². The molecule has 0 bridgehead atoms. The van der Waals surface area contributed by atoms with Crippen LogP contribution in [0.2, 0.25) is 0 Å². The second kappa shape index (κ2) is 3.77. The minimum absolute atomic E-state index is 0.0529. The van der Waals surface area contributed by atoms with Crippen molar-refractivity contribution < 1.29 is 9.53 Å². The van der Waals surface area contributed by atoms with Crippen molar-refractivity contribution in [3.63, 3.8) is 0 Å². The molecule has 0 N–H and O–H groups in total. The van der Waals surface area contributed by atoms with Gasteiger partial charge in [-0.2, -0.15) is 0 Å². The number of hydrogen-bond acceptors (Lipinski definition) is 2. The SMILES string of the molecule is CC(C)OC(=O)C(C)[S]. The summed E-state index contributed by atoms with van der Waals surface area (Å²) in [5.74, 6) is -0.306. The molecule has 0 saturated carbocycles. The molecule has 1 radical (unpaired) electrons. The third-order valence-corrected chi connectivity index (χ3v) is 0.876. The van der Waals surface area contributed by atoms with Gasteiger partial charge in [0.15, 0.2) is 0 Å². The molecule has 2 nitrogen and oxygen atoms in total. The first-order chi connectivity index (χ1) is 4.04. The van der Waals surface area contributed by atoms with Crippen LogP contribution in [0.15, 0.2) is 0 Å². The van der Waals surface area contributed by atoms with Crippen LogP contribution in [0.25, 0.3) is 0 Å². The zero-order valence-electron chi connectivity index (χ0n) is 5.88. The van der Waals surface area contributed by atoms with Crippen molar-refractivity contribution in [1.29, 1.82) is 0 Å². The van der Waals surface area contributed by atoms with Crippen molar-refractivity contribution in [3.05, 3.63) is 0 Å². The largest absolute Gasteiger partial charge is 0.462 e. The average molecular weight is 147 g/mol. The highest BCUT2D eigenvalue weighted by molar-refractivity contribution is 7.81. The zero-order valence-corrected chi connectivity index (χ0v) is 6.70. The van der Waals surface area contributed by atoms with Gasteiger partial charge in [0.05, 0.1) is 6.10 Å². The molecule has 0 aromatic carbocycles. The van der Waals surface area contributed by atoms with E-state index in [0.29, 0.717) is 0 Å². The molecule has 1 atom stereocenters. The van der Waals surface area contributed by atoms with Crippen LogP contribution >= 0.6 is 12.6 Å². The molecule has 0 amide bonds. The number of carbonyl (C=O) groups excluding carboxylic acids is 1. The van der Waals surface area contributed by atoms with E-state index < -0.39 is 5.25 Å². The van der Waals surface area contributed by atoms with E-state index in [1.165, 1.54) is 0 Å². The molecule has 0 aromatic heterocycles. The van der Waals surface area contributed by atoms with Crippen LogP contribution in [-0.2, 0) is 9.53 Å². The smallest absolute Gasteiger partial charge is 0.319 e. The molecule has 0 aliphatic rings. The van der Waals surface area contributed by atoms with Gasteiger partial charge in [0, 0.05) is 0 Å². The van der Waals surface area contributed by atoms with E-state index in [2.05, 4.69) is 12.6 Å². The van der Waals surface area contributed by atoms with E-state index in [4.69, 9.17) is 4.74 Å². The van der Waals surface area contributed by atoms with E-state index in [9.17, 15) is 4.79 Å². The van der Waals surface area contributed by atoms with Crippen LogP contribution in [0.5, 0.6) is 0 Å². The van der Waals surface area contributed by atoms with Gasteiger partial charge >= 0.3 is 5.97 Å². The van der Waals surface area contributed by atoms with Crippen molar-refractivity contribution in [1.82, 2.24) is 0 Å². The summed E-state index contributed by atoms with van der Waals surface area (Å²) in [4.78, 5) is 10.6. The molecule has 0 fully saturated rings. The Bertz CT molecular complexity index is 99.2. The van der Waals surface area contributed by atoms with Gasteiger partial charge < -0.3 is 4.74 Å². The summed E-state index contributed by atoms with van der Waals surface area (Å²) in [6.45, 7) is 5.24. The summed E-state index contributed by atoms with van der Waals surface area (Å²) < 4.78 is 4.77. The lowest BCUT2D eigenvalue weighted by atomic mass is 10.4. The average Bonchev–Trinajstić information content (AvgIpc) is 1.63. The van der Waals surface area contributed by atoms with E-state index in [-0.39, 0.29) is 12.1 Å². The van der Waals surface area contributed by atoms with Crippen molar-refractivity contribution in [2.24, 2.45) is 0 Å². The van der Waals surface area contributed by atoms with Crippen LogP contribution in [0, 0.1) is 0 Å². The van der Waals surface area contributed by atoms with Crippen LogP contribution in [0.1, 0.15) is 20.8 Å². The predicted octanol–water partition coefficient (Wildman–Crippen LogP) is 1.52. The zero-order chi connectivity index (χ0) is 7.44. The topological polar surface area (TPSA) is 26.3 Å². The van der Waals surface area contributed by atoms with Crippen LogP contribution in [0.3, 0.4) is 0 Å². The molecule has 9 heavy (non-hydrogen) atoms. The monoisotopic (exact) mass is 147 g/mol. The maximum absolute atomic E-state index is 10.6. The number of hydrogen-bond donors (Lipinski definition) is 0. The van der Waals surface area contributed by atoms with Gasteiger partial charge in [-0.15, -0.1) is 0 Å². The number of ether oxygens (including phenoxy) is 1. The van der Waals surface area contributed by atoms with Gasteiger partial charge in [0.2, 0.25) is 0 Å². The van der Waals surface area contributed by atoms with Crippen LogP contribution in [0.4, 0.5) is 0 Å². The predicted molar refractivity (Wildman–Crippen MR) is 38.3 cm³/mol. The summed E-state index contributed by atoms with van der Waals surface area (Å²) in [6, 6.07) is 0. The third-order valence-electron chi connectivity index (χ3n) is 0.684. The Morgan fingerprint density at radius 1 is 1.44 bits per heavy atom. The number of esters is 1. The fourth-order valence-electron chi connectivity index (χ4n) is 0.328. The molecule has 0 aromatic rings. The minimum Gasteiger partial charge on any atom is -0.462 e. The Morgan fingerprint density at radius 2 is 1.89 bits per heavy atom. The molecule has 0 aliphatic heterocycles. The molecule has 0 aliphatic carbocycles. The Kier molecular flexibility index (Phi) is 3.70. The molecular weight excluding hydrogens is 136 g/mol. The first kappa shape index (κ1) is 8.82. The van der Waals surface area contributed by atoms with Crippen LogP contribution in [-0.4, -0.2) is 17.3 Å². The van der Waals surface area contributed by atoms with E-state index in [0.717, 1.165) is 0 Å². The van der Waals surface area contributed by atoms with Gasteiger partial charge in [0.25, 0.3) is 0 Å². The third kappa shape index (κ3) is 4.33. The minimum atomic E-state index is -0.424. The summed E-state index contributed by atoms with van der Waals surface area (Å²) in [5.41, 5.74) is 0. The van der Waals surface area contributed by atoms with Gasteiger partial charge in [-0.1, -0.05) is 12.6 Å². The fraction of sp³-hybridized carbons (Fsp3) is 0.833. The Balaban J connectivity index is 3.51. The second-order valence-corrected chi connectivity index (χ2v) is 2.83. The summed E-state index contributed by atoms with van der Waals surface area (Å²) >= 11 is 4.65. The van der Waals surface area contributed by atoms with E-state index in [1.807, 2.05) is 0 Å². The Labute approximate surface area is 61.0 Å². The molecule has 0 heterocycles. The highest BCUT2D eigenvalue weighted by Gasteiger charge is 2.10. The van der Waals surface area contributed by atoms with Crippen molar-refractivity contribution >= 4 is 18.6 Å². The lowest BCUT2D eigenvalue weighted by Gasteiger charge is -2.08. The van der Waals surface area contributed by atoms with Gasteiger partial charge in [-0.25, -0.2) is 0 Å². The molecule has 3 heteroatoms. The maximum Gasteiger partial charge on any atom is 0.319 e. The highest BCUT2D eigenvalue weighted by Crippen LogP contribution is 1.98. The molecule has 0 saturated heterocycles. The summed E-state index contributed by atoms with van der Waals surface area (Å²) in [5, 5.41) is -0.424. The van der Waals surface area contributed by atoms with Crippen molar-refractivity contribution in [2.75, 3.05) is 0 Å². The van der Waals surface area contributed by atoms with Gasteiger partial charge in [-0.3, -0.25) is 4.79 Å². The quantitative estimate of drug-likeness (QED) is 0.553. The van der Waals surface area contributed by atoms with Gasteiger partial charge in [-0.05, 0) is 20.8 Å².